The third-order valence-corrected chi connectivity index (χ3v) is 2.72. The average molecular weight is 307 g/mol. The predicted octanol–water partition coefficient (Wildman–Crippen LogP) is 2.61. The Hall–Kier alpha value is -2.45. The minimum Gasteiger partial charge on any atom is -0.465 e. The highest BCUT2D eigenvalue weighted by molar-refractivity contribution is 5.93. The van der Waals surface area contributed by atoms with Crippen molar-refractivity contribution in [1.29, 1.82) is 0 Å². The van der Waals surface area contributed by atoms with Crippen molar-refractivity contribution in [2.75, 3.05) is 7.11 Å². The number of hydrogen-bond donors (Lipinski definition) is 1. The van der Waals surface area contributed by atoms with Crippen LogP contribution >= 0.6 is 0 Å². The number of pyridine rings is 1. The monoisotopic (exact) mass is 307 g/mol. The van der Waals surface area contributed by atoms with Crippen LogP contribution in [-0.4, -0.2) is 18.1 Å². The first-order chi connectivity index (χ1) is 9.66. The molecule has 2 rings (SSSR count). The van der Waals surface area contributed by atoms with Gasteiger partial charge in [-0.15, -0.1) is 0 Å². The predicted molar refractivity (Wildman–Crippen MR) is 60.8 cm³/mol. The number of fused-ring (bicyclic) bond motifs is 1. The Bertz CT molecular complexity index is 794. The number of methoxy groups -OCH3 is 1. The number of esters is 1. The molecule has 1 heterocycles. The summed E-state index contributed by atoms with van der Waals surface area (Å²) in [7, 11) is 0.972. The zero-order chi connectivity index (χ0) is 15.9. The molecule has 4 nitrogen and oxygen atoms in total. The summed E-state index contributed by atoms with van der Waals surface area (Å²) in [5.74, 6) is -4.89. The molecule has 1 N–H and O–H groups in total. The maximum Gasteiger partial charge on any atom is 0.422 e. The van der Waals surface area contributed by atoms with Gasteiger partial charge < -0.3 is 9.72 Å². The second-order valence-corrected chi connectivity index (χ2v) is 4.01. The molecule has 21 heavy (non-hydrogen) atoms. The highest BCUT2D eigenvalue weighted by atomic mass is 19.4. The molecule has 0 radical (unpaired) electrons. The molecule has 0 atom stereocenters. The number of ether oxygens (including phenoxy) is 1. The highest BCUT2D eigenvalue weighted by Crippen LogP contribution is 2.36. The van der Waals surface area contributed by atoms with E-state index in [-0.39, 0.29) is 0 Å². The lowest BCUT2D eigenvalue weighted by Gasteiger charge is -2.11. The Kier molecular flexibility index (Phi) is 3.44. The minimum absolute atomic E-state index is 0.379. The second-order valence-electron chi connectivity index (χ2n) is 4.01. The molecule has 0 aliphatic rings. The van der Waals surface area contributed by atoms with Crippen molar-refractivity contribution < 1.29 is 31.5 Å². The summed E-state index contributed by atoms with van der Waals surface area (Å²) in [5, 5.41) is -0.405. The zero-order valence-electron chi connectivity index (χ0n) is 10.3. The molecule has 0 aliphatic carbocycles. The SMILES string of the molecule is COC(=O)c1cc2cc(F)c(C(F)(F)F)c(F)c2[nH]c1=O. The van der Waals surface area contributed by atoms with E-state index in [0.29, 0.717) is 6.07 Å². The fraction of sp³-hybridized carbons (Fsp3) is 0.167. The molecule has 9 heteroatoms. The van der Waals surface area contributed by atoms with E-state index in [0.717, 1.165) is 13.2 Å². The van der Waals surface area contributed by atoms with Crippen LogP contribution in [0.1, 0.15) is 15.9 Å². The average Bonchev–Trinajstić information content (AvgIpc) is 2.36. The van der Waals surface area contributed by atoms with Gasteiger partial charge in [0.2, 0.25) is 0 Å². The number of aromatic amines is 1. The van der Waals surface area contributed by atoms with Crippen LogP contribution < -0.4 is 5.56 Å². The van der Waals surface area contributed by atoms with Crippen LogP contribution in [0.2, 0.25) is 0 Å². The van der Waals surface area contributed by atoms with E-state index >= 15 is 0 Å². The van der Waals surface area contributed by atoms with Crippen molar-refractivity contribution in [3.05, 3.63) is 45.2 Å². The van der Waals surface area contributed by atoms with Crippen molar-refractivity contribution in [3.63, 3.8) is 0 Å². The van der Waals surface area contributed by atoms with E-state index in [4.69, 9.17) is 0 Å². The summed E-state index contributed by atoms with van der Waals surface area (Å²) in [6.07, 6.45) is -5.26. The van der Waals surface area contributed by atoms with Gasteiger partial charge in [-0.25, -0.2) is 13.6 Å². The number of halogens is 5. The summed E-state index contributed by atoms with van der Waals surface area (Å²) in [6, 6.07) is 1.13. The van der Waals surface area contributed by atoms with Gasteiger partial charge in [-0.2, -0.15) is 13.2 Å². The molecule has 0 aliphatic heterocycles. The molecule has 0 unspecified atom stereocenters. The lowest BCUT2D eigenvalue weighted by atomic mass is 10.1. The van der Waals surface area contributed by atoms with Crippen LogP contribution in [-0.2, 0) is 10.9 Å². The number of nitrogens with one attached hydrogen (secondary N) is 1. The van der Waals surface area contributed by atoms with Gasteiger partial charge in [-0.05, 0) is 12.1 Å². The number of H-pyrrole nitrogens is 1. The molecule has 0 saturated carbocycles. The molecule has 0 bridgehead atoms. The third kappa shape index (κ3) is 2.46. The Balaban J connectivity index is 2.86. The molecule has 1 aromatic heterocycles. The second kappa shape index (κ2) is 4.83. The number of alkyl halides is 3. The minimum atomic E-state index is -5.26. The molecule has 0 saturated heterocycles. The summed E-state index contributed by atoms with van der Waals surface area (Å²) in [6.45, 7) is 0. The standard InChI is InChI=1S/C12H6F5NO3/c1-21-11(20)5-2-4-3-6(13)7(12(15,16)17)8(14)9(4)18-10(5)19/h2-3H,1H3,(H,18,19). The first kappa shape index (κ1) is 14.9. The summed E-state index contributed by atoms with van der Waals surface area (Å²) >= 11 is 0. The van der Waals surface area contributed by atoms with E-state index in [1.807, 2.05) is 0 Å². The molecule has 0 amide bonds. The van der Waals surface area contributed by atoms with Crippen LogP contribution in [0.15, 0.2) is 16.9 Å². The summed E-state index contributed by atoms with van der Waals surface area (Å²) in [4.78, 5) is 24.6. The maximum absolute atomic E-state index is 13.8. The van der Waals surface area contributed by atoms with E-state index < -0.39 is 51.4 Å². The van der Waals surface area contributed by atoms with Gasteiger partial charge in [0.25, 0.3) is 5.56 Å². The van der Waals surface area contributed by atoms with Gasteiger partial charge in [0.15, 0.2) is 5.82 Å². The van der Waals surface area contributed by atoms with Crippen molar-refractivity contribution >= 4 is 16.9 Å². The van der Waals surface area contributed by atoms with Gasteiger partial charge in [0.1, 0.15) is 16.9 Å². The summed E-state index contributed by atoms with van der Waals surface area (Å²) in [5.41, 5.74) is -4.69. The first-order valence-corrected chi connectivity index (χ1v) is 5.37. The Labute approximate surface area is 113 Å². The number of rotatable bonds is 1. The van der Waals surface area contributed by atoms with Crippen LogP contribution in [0.4, 0.5) is 22.0 Å². The van der Waals surface area contributed by atoms with Crippen molar-refractivity contribution in [1.82, 2.24) is 4.98 Å². The van der Waals surface area contributed by atoms with Crippen molar-refractivity contribution in [3.8, 4) is 0 Å². The van der Waals surface area contributed by atoms with Crippen LogP contribution in [0.3, 0.4) is 0 Å². The molecular weight excluding hydrogens is 301 g/mol. The largest absolute Gasteiger partial charge is 0.465 e. The van der Waals surface area contributed by atoms with E-state index in [1.54, 1.807) is 4.98 Å². The van der Waals surface area contributed by atoms with Gasteiger partial charge in [0, 0.05) is 5.39 Å². The van der Waals surface area contributed by atoms with Gasteiger partial charge in [0.05, 0.1) is 12.6 Å². The van der Waals surface area contributed by atoms with Gasteiger partial charge in [-0.3, -0.25) is 4.79 Å². The Morgan fingerprint density at radius 3 is 2.38 bits per heavy atom. The fourth-order valence-corrected chi connectivity index (χ4v) is 1.80. The topological polar surface area (TPSA) is 59.2 Å². The molecule has 112 valence electrons. The van der Waals surface area contributed by atoms with Gasteiger partial charge in [-0.1, -0.05) is 0 Å². The lowest BCUT2D eigenvalue weighted by Crippen LogP contribution is -2.20. The van der Waals surface area contributed by atoms with E-state index in [9.17, 15) is 31.5 Å². The zero-order valence-corrected chi connectivity index (χ0v) is 10.3. The molecule has 1 aromatic carbocycles. The number of hydrogen-bond acceptors (Lipinski definition) is 3. The normalized spacial score (nSPS) is 11.7. The smallest absolute Gasteiger partial charge is 0.422 e. The van der Waals surface area contributed by atoms with Crippen molar-refractivity contribution in [2.45, 2.75) is 6.18 Å². The number of carbonyl (C=O) groups excluding carboxylic acids is 1. The maximum atomic E-state index is 13.8. The third-order valence-electron chi connectivity index (χ3n) is 2.72. The fourth-order valence-electron chi connectivity index (χ4n) is 1.80. The highest BCUT2D eigenvalue weighted by Gasteiger charge is 2.39. The Morgan fingerprint density at radius 2 is 1.86 bits per heavy atom. The van der Waals surface area contributed by atoms with Crippen LogP contribution in [0.25, 0.3) is 10.9 Å². The van der Waals surface area contributed by atoms with Gasteiger partial charge >= 0.3 is 12.1 Å². The Morgan fingerprint density at radius 1 is 1.24 bits per heavy atom. The molecule has 0 fully saturated rings. The van der Waals surface area contributed by atoms with Crippen LogP contribution in [0.5, 0.6) is 0 Å². The number of benzene rings is 1. The first-order valence-electron chi connectivity index (χ1n) is 5.37. The number of carbonyl (C=O) groups is 1. The molecule has 0 spiro atoms. The molecule has 2 aromatic rings. The van der Waals surface area contributed by atoms with E-state index in [1.165, 1.54) is 0 Å². The van der Waals surface area contributed by atoms with E-state index in [2.05, 4.69) is 4.74 Å². The van der Waals surface area contributed by atoms with Crippen molar-refractivity contribution in [2.24, 2.45) is 0 Å². The lowest BCUT2D eigenvalue weighted by molar-refractivity contribution is -0.142. The summed E-state index contributed by atoms with van der Waals surface area (Å²) < 4.78 is 69.1. The molecular formula is C12H6F5NO3. The quantitative estimate of drug-likeness (QED) is 0.651. The van der Waals surface area contributed by atoms with Crippen LogP contribution in [0, 0.1) is 11.6 Å². The number of aromatic nitrogens is 1.